The number of benzene rings is 1. The van der Waals surface area contributed by atoms with Gasteiger partial charge in [-0.2, -0.15) is 0 Å². The predicted molar refractivity (Wildman–Crippen MR) is 106 cm³/mol. The van der Waals surface area contributed by atoms with E-state index in [0.717, 1.165) is 31.7 Å². The number of nitrogens with zero attached hydrogens (tertiary/aromatic N) is 2. The maximum Gasteiger partial charge on any atom is 0.261 e. The minimum absolute atomic E-state index is 0.119. The molecule has 3 rings (SSSR count). The van der Waals surface area contributed by atoms with E-state index in [2.05, 4.69) is 19.9 Å². The van der Waals surface area contributed by atoms with Gasteiger partial charge in [0.25, 0.3) is 10.0 Å². The molecule has 2 aromatic rings. The zero-order chi connectivity index (χ0) is 19.3. The molecule has 0 bridgehead atoms. The van der Waals surface area contributed by atoms with Crippen LogP contribution in [0.15, 0.2) is 47.5 Å². The number of amides is 1. The summed E-state index contributed by atoms with van der Waals surface area (Å²) in [5.74, 6) is 0.666. The Hall–Kier alpha value is -2.61. The fraction of sp³-hybridized carbons (Fsp3) is 0.368. The molecule has 1 saturated heterocycles. The van der Waals surface area contributed by atoms with E-state index in [1.165, 1.54) is 31.9 Å². The van der Waals surface area contributed by atoms with E-state index < -0.39 is 10.0 Å². The third-order valence-electron chi connectivity index (χ3n) is 4.42. The lowest BCUT2D eigenvalue weighted by Gasteiger charge is -2.21. The van der Waals surface area contributed by atoms with Crippen LogP contribution < -0.4 is 14.9 Å². The Morgan fingerprint density at radius 3 is 2.15 bits per heavy atom. The zero-order valence-electron chi connectivity index (χ0n) is 15.3. The van der Waals surface area contributed by atoms with Crippen LogP contribution in [0.25, 0.3) is 0 Å². The van der Waals surface area contributed by atoms with Crippen molar-refractivity contribution in [3.63, 3.8) is 0 Å². The van der Waals surface area contributed by atoms with Crippen LogP contribution >= 0.6 is 0 Å². The second-order valence-electron chi connectivity index (χ2n) is 6.62. The summed E-state index contributed by atoms with van der Waals surface area (Å²) >= 11 is 0. The number of sulfonamides is 1. The van der Waals surface area contributed by atoms with Crippen LogP contribution in [0.5, 0.6) is 0 Å². The molecule has 0 unspecified atom stereocenters. The largest absolute Gasteiger partial charge is 0.357 e. The highest BCUT2D eigenvalue weighted by atomic mass is 32.2. The number of hydrogen-bond donors (Lipinski definition) is 2. The third kappa shape index (κ3) is 5.19. The van der Waals surface area contributed by atoms with Gasteiger partial charge in [0.2, 0.25) is 5.91 Å². The van der Waals surface area contributed by atoms with Crippen molar-refractivity contribution in [2.24, 2.45) is 0 Å². The normalized spacial score (nSPS) is 15.1. The first-order chi connectivity index (χ1) is 12.9. The van der Waals surface area contributed by atoms with Crippen molar-refractivity contribution >= 4 is 33.1 Å². The second-order valence-corrected chi connectivity index (χ2v) is 8.30. The van der Waals surface area contributed by atoms with Crippen molar-refractivity contribution in [1.82, 2.24) is 4.98 Å². The Bertz CT molecular complexity index is 872. The van der Waals surface area contributed by atoms with Crippen LogP contribution in [0.3, 0.4) is 0 Å². The Kier molecular flexibility index (Phi) is 5.95. The van der Waals surface area contributed by atoms with Crippen LogP contribution in [-0.2, 0) is 14.8 Å². The lowest BCUT2D eigenvalue weighted by Crippen LogP contribution is -2.24. The fourth-order valence-corrected chi connectivity index (χ4v) is 4.11. The highest BCUT2D eigenvalue weighted by molar-refractivity contribution is 7.92. The van der Waals surface area contributed by atoms with Gasteiger partial charge < -0.3 is 10.2 Å². The molecule has 7 nitrogen and oxygen atoms in total. The Labute approximate surface area is 159 Å². The Morgan fingerprint density at radius 1 is 0.963 bits per heavy atom. The smallest absolute Gasteiger partial charge is 0.261 e. The molecule has 144 valence electrons. The Morgan fingerprint density at radius 2 is 1.59 bits per heavy atom. The molecule has 0 spiro atoms. The molecule has 0 saturated carbocycles. The lowest BCUT2D eigenvalue weighted by molar-refractivity contribution is -0.114. The van der Waals surface area contributed by atoms with Crippen molar-refractivity contribution in [2.45, 2.75) is 37.5 Å². The number of carbonyl (C=O) groups is 1. The van der Waals surface area contributed by atoms with Crippen LogP contribution in [0.2, 0.25) is 0 Å². The predicted octanol–water partition coefficient (Wildman–Crippen LogP) is 3.22. The standard InChI is InChI=1S/C19H24N4O3S/c1-15(24)21-16-6-9-18(10-7-16)27(25,26)22-17-8-11-19(20-14-17)23-12-4-2-3-5-13-23/h6-11,14,22H,2-5,12-13H2,1H3,(H,21,24). The summed E-state index contributed by atoms with van der Waals surface area (Å²) in [4.78, 5) is 17.8. The van der Waals surface area contributed by atoms with E-state index in [4.69, 9.17) is 0 Å². The molecule has 1 aromatic heterocycles. The summed E-state index contributed by atoms with van der Waals surface area (Å²) in [5, 5.41) is 2.61. The molecular formula is C19H24N4O3S. The van der Waals surface area contributed by atoms with E-state index in [0.29, 0.717) is 11.4 Å². The zero-order valence-corrected chi connectivity index (χ0v) is 16.1. The van der Waals surface area contributed by atoms with E-state index >= 15 is 0 Å². The third-order valence-corrected chi connectivity index (χ3v) is 5.81. The first kappa shape index (κ1) is 19.2. The van der Waals surface area contributed by atoms with Crippen LogP contribution in [0, 0.1) is 0 Å². The molecule has 1 aliphatic rings. The molecule has 1 aliphatic heterocycles. The van der Waals surface area contributed by atoms with Crippen molar-refractivity contribution < 1.29 is 13.2 Å². The number of aromatic nitrogens is 1. The Balaban J connectivity index is 1.69. The number of hydrogen-bond acceptors (Lipinski definition) is 5. The molecule has 1 aromatic carbocycles. The molecule has 0 aliphatic carbocycles. The van der Waals surface area contributed by atoms with E-state index in [1.807, 2.05) is 6.07 Å². The van der Waals surface area contributed by atoms with Gasteiger partial charge in [0, 0.05) is 25.7 Å². The number of carbonyl (C=O) groups excluding carboxylic acids is 1. The molecule has 2 N–H and O–H groups in total. The highest BCUT2D eigenvalue weighted by Crippen LogP contribution is 2.21. The fourth-order valence-electron chi connectivity index (χ4n) is 3.07. The van der Waals surface area contributed by atoms with Gasteiger partial charge >= 0.3 is 0 Å². The SMILES string of the molecule is CC(=O)Nc1ccc(S(=O)(=O)Nc2ccc(N3CCCCCC3)nc2)cc1. The van der Waals surface area contributed by atoms with Gasteiger partial charge in [-0.1, -0.05) is 12.8 Å². The van der Waals surface area contributed by atoms with Crippen LogP contribution in [0.1, 0.15) is 32.6 Å². The maximum atomic E-state index is 12.5. The van der Waals surface area contributed by atoms with Gasteiger partial charge in [-0.25, -0.2) is 13.4 Å². The molecular weight excluding hydrogens is 364 g/mol. The molecule has 2 heterocycles. The van der Waals surface area contributed by atoms with Crippen molar-refractivity contribution in [3.05, 3.63) is 42.6 Å². The second kappa shape index (κ2) is 8.39. The minimum Gasteiger partial charge on any atom is -0.357 e. The van der Waals surface area contributed by atoms with Gasteiger partial charge in [-0.15, -0.1) is 0 Å². The average molecular weight is 388 g/mol. The molecule has 8 heteroatoms. The molecule has 1 amide bonds. The molecule has 0 atom stereocenters. The summed E-state index contributed by atoms with van der Waals surface area (Å²) < 4.78 is 27.6. The van der Waals surface area contributed by atoms with Gasteiger partial charge in [0.15, 0.2) is 0 Å². The van der Waals surface area contributed by atoms with E-state index in [1.54, 1.807) is 24.4 Å². The topological polar surface area (TPSA) is 91.4 Å². The van der Waals surface area contributed by atoms with E-state index in [9.17, 15) is 13.2 Å². The quantitative estimate of drug-likeness (QED) is 0.821. The van der Waals surface area contributed by atoms with Crippen molar-refractivity contribution in [1.29, 1.82) is 0 Å². The number of nitrogens with one attached hydrogen (secondary N) is 2. The van der Waals surface area contributed by atoms with Gasteiger partial charge in [-0.3, -0.25) is 9.52 Å². The van der Waals surface area contributed by atoms with Gasteiger partial charge in [-0.05, 0) is 49.2 Å². The van der Waals surface area contributed by atoms with Crippen molar-refractivity contribution in [2.75, 3.05) is 28.0 Å². The van der Waals surface area contributed by atoms with Crippen LogP contribution in [0.4, 0.5) is 17.2 Å². The molecule has 0 radical (unpaired) electrons. The van der Waals surface area contributed by atoms with Crippen LogP contribution in [-0.4, -0.2) is 32.4 Å². The van der Waals surface area contributed by atoms with E-state index in [-0.39, 0.29) is 10.8 Å². The summed E-state index contributed by atoms with van der Waals surface area (Å²) in [5.41, 5.74) is 0.962. The molecule has 27 heavy (non-hydrogen) atoms. The summed E-state index contributed by atoms with van der Waals surface area (Å²) in [6.45, 7) is 3.37. The highest BCUT2D eigenvalue weighted by Gasteiger charge is 2.15. The first-order valence-electron chi connectivity index (χ1n) is 9.05. The lowest BCUT2D eigenvalue weighted by atomic mass is 10.2. The number of pyridine rings is 1. The minimum atomic E-state index is -3.72. The van der Waals surface area contributed by atoms with Gasteiger partial charge in [0.05, 0.1) is 16.8 Å². The number of rotatable bonds is 5. The summed E-state index contributed by atoms with van der Waals surface area (Å²) in [7, 11) is -3.72. The first-order valence-corrected chi connectivity index (χ1v) is 10.5. The van der Waals surface area contributed by atoms with Gasteiger partial charge in [0.1, 0.15) is 5.82 Å². The monoisotopic (exact) mass is 388 g/mol. The summed E-state index contributed by atoms with van der Waals surface area (Å²) in [6.07, 6.45) is 6.35. The number of anilines is 3. The van der Waals surface area contributed by atoms with Crippen molar-refractivity contribution in [3.8, 4) is 0 Å². The molecule has 1 fully saturated rings. The maximum absolute atomic E-state index is 12.5. The summed E-state index contributed by atoms with van der Waals surface area (Å²) in [6, 6.07) is 9.59. The average Bonchev–Trinajstić information content (AvgIpc) is 2.91.